The molecule has 0 saturated heterocycles. The topological polar surface area (TPSA) is 35.8 Å². The van der Waals surface area contributed by atoms with Crippen molar-refractivity contribution in [3.05, 3.63) is 35.6 Å². The third kappa shape index (κ3) is 3.04. The van der Waals surface area contributed by atoms with Gasteiger partial charge < -0.3 is 5.32 Å². The van der Waals surface area contributed by atoms with Crippen LogP contribution in [-0.2, 0) is 0 Å². The van der Waals surface area contributed by atoms with Crippen LogP contribution in [0.2, 0.25) is 0 Å². The summed E-state index contributed by atoms with van der Waals surface area (Å²) in [6.45, 7) is 2.68. The lowest BCUT2D eigenvalue weighted by atomic mass is 9.76. The SMILES string of the molecule is CC(C#N)CNC1CC(c2ccc(F)cc2)C1. The molecule has 1 aromatic rings. The Bertz CT molecular complexity index is 401. The minimum Gasteiger partial charge on any atom is -0.313 e. The second kappa shape index (κ2) is 5.29. The molecule has 1 unspecified atom stereocenters. The van der Waals surface area contributed by atoms with E-state index in [1.807, 2.05) is 19.1 Å². The molecule has 0 radical (unpaired) electrons. The fraction of sp³-hybridized carbons (Fsp3) is 0.500. The van der Waals surface area contributed by atoms with E-state index in [9.17, 15) is 4.39 Å². The highest BCUT2D eigenvalue weighted by atomic mass is 19.1. The zero-order chi connectivity index (χ0) is 12.3. The average Bonchev–Trinajstić information content (AvgIpc) is 2.29. The quantitative estimate of drug-likeness (QED) is 0.866. The third-order valence-corrected chi connectivity index (χ3v) is 3.41. The lowest BCUT2D eigenvalue weighted by Crippen LogP contribution is -2.41. The summed E-state index contributed by atoms with van der Waals surface area (Å²) in [6.07, 6.45) is 2.17. The van der Waals surface area contributed by atoms with E-state index in [0.29, 0.717) is 12.0 Å². The van der Waals surface area contributed by atoms with Crippen LogP contribution in [0.5, 0.6) is 0 Å². The Morgan fingerprint density at radius 1 is 1.41 bits per heavy atom. The van der Waals surface area contributed by atoms with Gasteiger partial charge in [-0.3, -0.25) is 0 Å². The van der Waals surface area contributed by atoms with Gasteiger partial charge in [0.2, 0.25) is 0 Å². The van der Waals surface area contributed by atoms with Gasteiger partial charge in [0.25, 0.3) is 0 Å². The van der Waals surface area contributed by atoms with Crippen LogP contribution in [0.3, 0.4) is 0 Å². The van der Waals surface area contributed by atoms with Gasteiger partial charge in [-0.2, -0.15) is 5.26 Å². The standard InChI is InChI=1S/C14H17FN2/c1-10(8-16)9-17-14-6-12(7-14)11-2-4-13(15)5-3-11/h2-5,10,12,14,17H,6-7,9H2,1H3. The fourth-order valence-corrected chi connectivity index (χ4v) is 2.18. The van der Waals surface area contributed by atoms with Crippen LogP contribution in [0.15, 0.2) is 24.3 Å². The first-order valence-electron chi connectivity index (χ1n) is 6.07. The summed E-state index contributed by atoms with van der Waals surface area (Å²) in [6, 6.07) is 9.51. The zero-order valence-electron chi connectivity index (χ0n) is 9.99. The Kier molecular flexibility index (Phi) is 3.75. The average molecular weight is 232 g/mol. The van der Waals surface area contributed by atoms with E-state index >= 15 is 0 Å². The zero-order valence-corrected chi connectivity index (χ0v) is 9.99. The van der Waals surface area contributed by atoms with Gasteiger partial charge in [0.15, 0.2) is 0 Å². The highest BCUT2D eigenvalue weighted by Crippen LogP contribution is 2.36. The molecule has 90 valence electrons. The van der Waals surface area contributed by atoms with E-state index in [2.05, 4.69) is 11.4 Å². The normalized spacial score (nSPS) is 24.8. The van der Waals surface area contributed by atoms with Crippen LogP contribution < -0.4 is 5.32 Å². The molecule has 0 spiro atoms. The molecule has 2 nitrogen and oxygen atoms in total. The van der Waals surface area contributed by atoms with Crippen LogP contribution >= 0.6 is 0 Å². The molecule has 1 saturated carbocycles. The molecule has 17 heavy (non-hydrogen) atoms. The van der Waals surface area contributed by atoms with Gasteiger partial charge in [0.05, 0.1) is 12.0 Å². The molecule has 1 N–H and O–H groups in total. The molecular weight excluding hydrogens is 215 g/mol. The van der Waals surface area contributed by atoms with Crippen molar-refractivity contribution in [3.8, 4) is 6.07 Å². The largest absolute Gasteiger partial charge is 0.313 e. The summed E-state index contributed by atoms with van der Waals surface area (Å²) < 4.78 is 12.8. The first-order valence-corrected chi connectivity index (χ1v) is 6.07. The number of hydrogen-bond acceptors (Lipinski definition) is 2. The van der Waals surface area contributed by atoms with Crippen LogP contribution in [-0.4, -0.2) is 12.6 Å². The van der Waals surface area contributed by atoms with Crippen molar-refractivity contribution in [1.82, 2.24) is 5.32 Å². The maximum absolute atomic E-state index is 12.8. The minimum atomic E-state index is -0.175. The number of hydrogen-bond donors (Lipinski definition) is 1. The molecule has 0 heterocycles. The molecule has 0 bridgehead atoms. The molecule has 0 aromatic heterocycles. The van der Waals surface area contributed by atoms with E-state index < -0.39 is 0 Å². The summed E-state index contributed by atoms with van der Waals surface area (Å²) in [5.74, 6) is 0.441. The van der Waals surface area contributed by atoms with Crippen LogP contribution in [0, 0.1) is 23.1 Å². The van der Waals surface area contributed by atoms with E-state index in [0.717, 1.165) is 19.4 Å². The van der Waals surface area contributed by atoms with E-state index in [1.165, 1.54) is 17.7 Å². The Balaban J connectivity index is 1.75. The maximum atomic E-state index is 12.8. The van der Waals surface area contributed by atoms with E-state index in [4.69, 9.17) is 5.26 Å². The molecule has 1 aromatic carbocycles. The summed E-state index contributed by atoms with van der Waals surface area (Å²) in [5.41, 5.74) is 1.22. The summed E-state index contributed by atoms with van der Waals surface area (Å²) in [7, 11) is 0. The predicted octanol–water partition coefficient (Wildman–Crippen LogP) is 2.82. The van der Waals surface area contributed by atoms with Gasteiger partial charge in [-0.25, -0.2) is 4.39 Å². The van der Waals surface area contributed by atoms with Crippen molar-refractivity contribution in [2.45, 2.75) is 31.7 Å². The van der Waals surface area contributed by atoms with Gasteiger partial charge >= 0.3 is 0 Å². The van der Waals surface area contributed by atoms with Crippen molar-refractivity contribution in [3.63, 3.8) is 0 Å². The number of nitrogens with zero attached hydrogens (tertiary/aromatic N) is 1. The molecule has 3 heteroatoms. The molecule has 0 amide bonds. The molecule has 1 fully saturated rings. The maximum Gasteiger partial charge on any atom is 0.123 e. The Morgan fingerprint density at radius 3 is 2.65 bits per heavy atom. The van der Waals surface area contributed by atoms with Gasteiger partial charge in [-0.15, -0.1) is 0 Å². The van der Waals surface area contributed by atoms with Crippen molar-refractivity contribution in [2.75, 3.05) is 6.54 Å². The molecule has 1 aliphatic carbocycles. The lowest BCUT2D eigenvalue weighted by Gasteiger charge is -2.36. The highest BCUT2D eigenvalue weighted by Gasteiger charge is 2.29. The summed E-state index contributed by atoms with van der Waals surface area (Å²) in [4.78, 5) is 0. The molecule has 1 aliphatic rings. The second-order valence-electron chi connectivity index (χ2n) is 4.86. The van der Waals surface area contributed by atoms with Gasteiger partial charge in [-0.05, 0) is 43.4 Å². The Labute approximate surface area is 101 Å². The smallest absolute Gasteiger partial charge is 0.123 e. The Hall–Kier alpha value is -1.40. The van der Waals surface area contributed by atoms with Crippen molar-refractivity contribution >= 4 is 0 Å². The van der Waals surface area contributed by atoms with Gasteiger partial charge in [0.1, 0.15) is 5.82 Å². The predicted molar refractivity (Wildman–Crippen MR) is 64.9 cm³/mol. The minimum absolute atomic E-state index is 0.0693. The van der Waals surface area contributed by atoms with Crippen LogP contribution in [0.1, 0.15) is 31.2 Å². The third-order valence-electron chi connectivity index (χ3n) is 3.41. The molecule has 1 atom stereocenters. The second-order valence-corrected chi connectivity index (χ2v) is 4.86. The Morgan fingerprint density at radius 2 is 2.06 bits per heavy atom. The summed E-state index contributed by atoms with van der Waals surface area (Å²) in [5, 5.41) is 12.1. The first-order chi connectivity index (χ1) is 8.19. The molecular formula is C14H17FN2. The number of halogens is 1. The van der Waals surface area contributed by atoms with Crippen LogP contribution in [0.4, 0.5) is 4.39 Å². The first kappa shape index (κ1) is 12.1. The highest BCUT2D eigenvalue weighted by molar-refractivity contribution is 5.23. The summed E-state index contributed by atoms with van der Waals surface area (Å²) >= 11 is 0. The number of benzene rings is 1. The van der Waals surface area contributed by atoms with Gasteiger partial charge in [0, 0.05) is 12.6 Å². The van der Waals surface area contributed by atoms with E-state index in [-0.39, 0.29) is 11.7 Å². The van der Waals surface area contributed by atoms with Gasteiger partial charge in [-0.1, -0.05) is 12.1 Å². The monoisotopic (exact) mass is 232 g/mol. The van der Waals surface area contributed by atoms with Crippen molar-refractivity contribution in [2.24, 2.45) is 5.92 Å². The van der Waals surface area contributed by atoms with Crippen LogP contribution in [0.25, 0.3) is 0 Å². The molecule has 0 aliphatic heterocycles. The number of rotatable bonds is 4. The fourth-order valence-electron chi connectivity index (χ4n) is 2.18. The van der Waals surface area contributed by atoms with Crippen molar-refractivity contribution < 1.29 is 4.39 Å². The molecule has 2 rings (SSSR count). The lowest BCUT2D eigenvalue weighted by molar-refractivity contribution is 0.286. The number of nitrogens with one attached hydrogen (secondary N) is 1. The number of nitriles is 1. The van der Waals surface area contributed by atoms with E-state index in [1.54, 1.807) is 0 Å². The van der Waals surface area contributed by atoms with Crippen molar-refractivity contribution in [1.29, 1.82) is 5.26 Å².